The summed E-state index contributed by atoms with van der Waals surface area (Å²) in [6, 6.07) is 3.81. The summed E-state index contributed by atoms with van der Waals surface area (Å²) in [5, 5.41) is 0.280. The van der Waals surface area contributed by atoms with Crippen LogP contribution in [0.1, 0.15) is 5.56 Å². The van der Waals surface area contributed by atoms with Crippen LogP contribution in [0.15, 0.2) is 22.8 Å². The molecule has 0 aliphatic heterocycles. The van der Waals surface area contributed by atoms with Crippen LogP contribution in [0.3, 0.4) is 0 Å². The van der Waals surface area contributed by atoms with E-state index in [1.165, 1.54) is 13.3 Å². The fraction of sp³-hybridized carbons (Fsp3) is 0.167. The van der Waals surface area contributed by atoms with Gasteiger partial charge in [0.25, 0.3) is 0 Å². The van der Waals surface area contributed by atoms with Crippen LogP contribution >= 0.6 is 27.5 Å². The first-order chi connectivity index (χ1) is 9.01. The third-order valence-corrected chi connectivity index (χ3v) is 3.06. The van der Waals surface area contributed by atoms with Crippen LogP contribution in [0.2, 0.25) is 5.02 Å². The number of hydrogen-bond donors (Lipinski definition) is 1. The van der Waals surface area contributed by atoms with Crippen molar-refractivity contribution in [3.8, 4) is 17.6 Å². The van der Waals surface area contributed by atoms with Gasteiger partial charge < -0.3 is 15.2 Å². The molecule has 0 bridgehead atoms. The number of aryl methyl sites for hydroxylation is 1. The van der Waals surface area contributed by atoms with Crippen molar-refractivity contribution in [1.82, 2.24) is 9.97 Å². The average Bonchev–Trinajstić information content (AvgIpc) is 2.35. The molecule has 5 nitrogen and oxygen atoms in total. The van der Waals surface area contributed by atoms with E-state index in [2.05, 4.69) is 25.9 Å². The number of aromatic nitrogens is 2. The molecule has 2 rings (SSSR count). The predicted molar refractivity (Wildman–Crippen MR) is 77.0 cm³/mol. The van der Waals surface area contributed by atoms with Gasteiger partial charge in [-0.3, -0.25) is 0 Å². The smallest absolute Gasteiger partial charge is 0.319 e. The highest BCUT2D eigenvalue weighted by molar-refractivity contribution is 9.10. The Balaban J connectivity index is 2.41. The summed E-state index contributed by atoms with van der Waals surface area (Å²) >= 11 is 9.35. The van der Waals surface area contributed by atoms with E-state index in [0.717, 1.165) is 10.0 Å². The van der Waals surface area contributed by atoms with Gasteiger partial charge in [-0.1, -0.05) is 27.5 Å². The molecule has 2 N–H and O–H groups in total. The van der Waals surface area contributed by atoms with E-state index >= 15 is 0 Å². The third kappa shape index (κ3) is 3.08. The number of hydrogen-bond acceptors (Lipinski definition) is 5. The Kier molecular flexibility index (Phi) is 4.11. The highest BCUT2D eigenvalue weighted by Gasteiger charge is 2.13. The molecule has 0 aliphatic rings. The maximum Gasteiger partial charge on any atom is 0.319 e. The number of benzene rings is 1. The largest absolute Gasteiger partial charge is 0.467 e. The predicted octanol–water partition coefficient (Wildman–Crippen LogP) is 3.58. The molecule has 100 valence electrons. The standard InChI is InChI=1S/C12H11BrClN3O2/c1-6-3-7(13)4-9(15)10(6)19-11-8(14)5-16-12(17-11)18-2/h3-5H,15H2,1-2H3. The Morgan fingerprint density at radius 1 is 1.37 bits per heavy atom. The fourth-order valence-electron chi connectivity index (χ4n) is 1.50. The molecule has 2 aromatic rings. The molecular formula is C12H11BrClN3O2. The fourth-order valence-corrected chi connectivity index (χ4v) is 2.22. The SMILES string of the molecule is COc1ncc(Cl)c(Oc2c(C)cc(Br)cc2N)n1. The minimum Gasteiger partial charge on any atom is -0.467 e. The van der Waals surface area contributed by atoms with Crippen LogP contribution in [-0.2, 0) is 0 Å². The lowest BCUT2D eigenvalue weighted by Crippen LogP contribution is -1.99. The second-order valence-electron chi connectivity index (χ2n) is 3.75. The quantitative estimate of drug-likeness (QED) is 0.862. The van der Waals surface area contributed by atoms with Gasteiger partial charge in [0.1, 0.15) is 5.02 Å². The Morgan fingerprint density at radius 3 is 2.74 bits per heavy atom. The number of nitrogens with two attached hydrogens (primary N) is 1. The maximum absolute atomic E-state index is 5.98. The Labute approximate surface area is 123 Å². The van der Waals surface area contributed by atoms with Crippen molar-refractivity contribution < 1.29 is 9.47 Å². The van der Waals surface area contributed by atoms with Crippen molar-refractivity contribution in [1.29, 1.82) is 0 Å². The molecular weight excluding hydrogens is 334 g/mol. The molecule has 19 heavy (non-hydrogen) atoms. The highest BCUT2D eigenvalue weighted by atomic mass is 79.9. The first-order valence-electron chi connectivity index (χ1n) is 5.31. The van der Waals surface area contributed by atoms with Crippen LogP contribution < -0.4 is 15.2 Å². The molecule has 0 saturated heterocycles. The van der Waals surface area contributed by atoms with Gasteiger partial charge >= 0.3 is 6.01 Å². The van der Waals surface area contributed by atoms with Gasteiger partial charge in [0.2, 0.25) is 5.88 Å². The molecule has 7 heteroatoms. The van der Waals surface area contributed by atoms with E-state index < -0.39 is 0 Å². The summed E-state index contributed by atoms with van der Waals surface area (Å²) in [5.74, 6) is 0.705. The van der Waals surface area contributed by atoms with Gasteiger partial charge in [-0.2, -0.15) is 4.98 Å². The molecule has 0 fully saturated rings. The lowest BCUT2D eigenvalue weighted by atomic mass is 10.2. The Hall–Kier alpha value is -1.53. The van der Waals surface area contributed by atoms with Crippen LogP contribution in [0.4, 0.5) is 5.69 Å². The van der Waals surface area contributed by atoms with E-state index in [4.69, 9.17) is 26.8 Å². The molecule has 0 unspecified atom stereocenters. The Morgan fingerprint density at radius 2 is 2.11 bits per heavy atom. The number of anilines is 1. The Bertz CT molecular complexity index is 599. The van der Waals surface area contributed by atoms with Gasteiger partial charge in [0.15, 0.2) is 5.75 Å². The molecule has 0 spiro atoms. The average molecular weight is 345 g/mol. The lowest BCUT2D eigenvalue weighted by Gasteiger charge is -2.12. The van der Waals surface area contributed by atoms with Crippen molar-refractivity contribution in [3.63, 3.8) is 0 Å². The van der Waals surface area contributed by atoms with E-state index in [1.807, 2.05) is 13.0 Å². The van der Waals surface area contributed by atoms with Crippen molar-refractivity contribution in [2.24, 2.45) is 0 Å². The number of methoxy groups -OCH3 is 1. The van der Waals surface area contributed by atoms with Crippen molar-refractivity contribution in [2.75, 3.05) is 12.8 Å². The first-order valence-corrected chi connectivity index (χ1v) is 6.48. The zero-order valence-corrected chi connectivity index (χ0v) is 12.6. The number of nitrogen functional groups attached to an aromatic ring is 1. The summed E-state index contributed by atoms with van der Waals surface area (Å²) in [7, 11) is 1.46. The summed E-state index contributed by atoms with van der Waals surface area (Å²) in [6.45, 7) is 1.88. The van der Waals surface area contributed by atoms with Gasteiger partial charge in [-0.25, -0.2) is 4.98 Å². The van der Waals surface area contributed by atoms with E-state index in [1.54, 1.807) is 6.07 Å². The van der Waals surface area contributed by atoms with Crippen LogP contribution in [0.5, 0.6) is 17.6 Å². The van der Waals surface area contributed by atoms with Crippen LogP contribution in [0.25, 0.3) is 0 Å². The molecule has 0 atom stereocenters. The number of halogens is 2. The highest BCUT2D eigenvalue weighted by Crippen LogP contribution is 2.35. The monoisotopic (exact) mass is 343 g/mol. The van der Waals surface area contributed by atoms with Gasteiger partial charge in [0, 0.05) is 4.47 Å². The van der Waals surface area contributed by atoms with Gasteiger partial charge in [-0.05, 0) is 24.6 Å². The molecule has 0 radical (unpaired) electrons. The normalized spacial score (nSPS) is 10.3. The number of rotatable bonds is 3. The maximum atomic E-state index is 5.98. The van der Waals surface area contributed by atoms with Crippen molar-refractivity contribution in [3.05, 3.63) is 33.4 Å². The zero-order valence-electron chi connectivity index (χ0n) is 10.3. The summed E-state index contributed by atoms with van der Waals surface area (Å²) < 4.78 is 11.5. The van der Waals surface area contributed by atoms with Crippen LogP contribution in [0, 0.1) is 6.92 Å². The molecule has 1 heterocycles. The zero-order chi connectivity index (χ0) is 14.0. The molecule has 0 saturated carbocycles. The lowest BCUT2D eigenvalue weighted by molar-refractivity contribution is 0.366. The number of ether oxygens (including phenoxy) is 2. The topological polar surface area (TPSA) is 70.3 Å². The second kappa shape index (κ2) is 5.63. The van der Waals surface area contributed by atoms with Gasteiger partial charge in [0.05, 0.1) is 19.0 Å². The van der Waals surface area contributed by atoms with Crippen molar-refractivity contribution >= 4 is 33.2 Å². The molecule has 0 amide bonds. The molecule has 1 aromatic heterocycles. The summed E-state index contributed by atoms with van der Waals surface area (Å²) in [5.41, 5.74) is 7.27. The van der Waals surface area contributed by atoms with E-state index in [-0.39, 0.29) is 16.9 Å². The molecule has 0 aliphatic carbocycles. The molecule has 1 aromatic carbocycles. The van der Waals surface area contributed by atoms with E-state index in [0.29, 0.717) is 11.4 Å². The van der Waals surface area contributed by atoms with Gasteiger partial charge in [-0.15, -0.1) is 0 Å². The summed E-state index contributed by atoms with van der Waals surface area (Å²) in [6.07, 6.45) is 1.41. The third-order valence-electron chi connectivity index (χ3n) is 2.34. The second-order valence-corrected chi connectivity index (χ2v) is 5.08. The van der Waals surface area contributed by atoms with E-state index in [9.17, 15) is 0 Å². The summed E-state index contributed by atoms with van der Waals surface area (Å²) in [4.78, 5) is 7.91. The minimum absolute atomic E-state index is 0.174. The van der Waals surface area contributed by atoms with Crippen molar-refractivity contribution in [2.45, 2.75) is 6.92 Å². The number of nitrogens with zero attached hydrogens (tertiary/aromatic N) is 2. The minimum atomic E-state index is 0.174. The van der Waals surface area contributed by atoms with Crippen LogP contribution in [-0.4, -0.2) is 17.1 Å². The first kappa shape index (κ1) is 13.9.